The molecule has 3 heterocycles. The van der Waals surface area contributed by atoms with E-state index >= 15 is 0 Å². The molecule has 8 heteroatoms. The van der Waals surface area contributed by atoms with Crippen molar-refractivity contribution >= 4 is 33.2 Å². The minimum absolute atomic E-state index is 0.0581. The van der Waals surface area contributed by atoms with Gasteiger partial charge >= 0.3 is 5.97 Å². The third-order valence-corrected chi connectivity index (χ3v) is 4.01. The van der Waals surface area contributed by atoms with Crippen LogP contribution in [0.5, 0.6) is 0 Å². The van der Waals surface area contributed by atoms with Crippen LogP contribution >= 0.6 is 27.3 Å². The van der Waals surface area contributed by atoms with Crippen LogP contribution in [-0.2, 0) is 11.3 Å². The number of H-pyrrole nitrogens is 1. The lowest BCUT2D eigenvalue weighted by molar-refractivity contribution is 0.0432. The second kappa shape index (κ2) is 5.59. The third-order valence-electron chi connectivity index (χ3n) is 2.40. The first-order chi connectivity index (χ1) is 9.72. The summed E-state index contributed by atoms with van der Waals surface area (Å²) in [6.07, 6.45) is 1.65. The summed E-state index contributed by atoms with van der Waals surface area (Å²) >= 11 is 4.85. The number of carbonyl (C=O) groups excluding carboxylic acids is 1. The van der Waals surface area contributed by atoms with Crippen molar-refractivity contribution in [3.05, 3.63) is 45.8 Å². The van der Waals surface area contributed by atoms with Gasteiger partial charge in [0.15, 0.2) is 6.61 Å². The van der Waals surface area contributed by atoms with Gasteiger partial charge in [-0.1, -0.05) is 0 Å². The Kier molecular flexibility index (Phi) is 3.66. The van der Waals surface area contributed by atoms with Crippen LogP contribution in [0.1, 0.15) is 16.4 Å². The monoisotopic (exact) mass is 353 g/mol. The van der Waals surface area contributed by atoms with Crippen molar-refractivity contribution in [3.8, 4) is 10.8 Å². The van der Waals surface area contributed by atoms with Gasteiger partial charge in [-0.3, -0.25) is 0 Å². The van der Waals surface area contributed by atoms with Crippen molar-refractivity contribution < 1.29 is 13.9 Å². The number of halogens is 1. The van der Waals surface area contributed by atoms with Crippen molar-refractivity contribution in [1.82, 2.24) is 15.2 Å². The number of aromatic nitrogens is 3. The molecule has 102 valence electrons. The minimum atomic E-state index is -0.464. The number of ether oxygens (including phenoxy) is 1. The van der Waals surface area contributed by atoms with Gasteiger partial charge in [-0.05, 0) is 40.2 Å². The van der Waals surface area contributed by atoms with Crippen LogP contribution in [0.3, 0.4) is 0 Å². The fourth-order valence-electron chi connectivity index (χ4n) is 1.50. The zero-order valence-electron chi connectivity index (χ0n) is 10.00. The van der Waals surface area contributed by atoms with Crippen molar-refractivity contribution in [2.75, 3.05) is 0 Å². The molecular formula is C12H8BrN3O3S. The van der Waals surface area contributed by atoms with Crippen LogP contribution in [0.2, 0.25) is 0 Å². The first-order valence-electron chi connectivity index (χ1n) is 5.61. The molecule has 0 aliphatic heterocycles. The predicted molar refractivity (Wildman–Crippen MR) is 75.2 cm³/mol. The van der Waals surface area contributed by atoms with Crippen LogP contribution in [0.15, 0.2) is 38.7 Å². The molecule has 0 saturated heterocycles. The summed E-state index contributed by atoms with van der Waals surface area (Å²) < 4.78 is 11.5. The standard InChI is InChI=1S/C12H8BrN3O3S/c13-9-4-3-8(20-9)11-16-15-10(19-11)6-18-12(17)7-2-1-5-14-7/h1-5,14H,6H2. The second-order valence-electron chi connectivity index (χ2n) is 3.76. The lowest BCUT2D eigenvalue weighted by Crippen LogP contribution is -2.05. The lowest BCUT2D eigenvalue weighted by Gasteiger charge is -1.98. The average Bonchev–Trinajstić information content (AvgIpc) is 3.16. The van der Waals surface area contributed by atoms with E-state index in [-0.39, 0.29) is 12.5 Å². The van der Waals surface area contributed by atoms with Crippen LogP contribution in [0, 0.1) is 0 Å². The van der Waals surface area contributed by atoms with Gasteiger partial charge in [-0.25, -0.2) is 4.79 Å². The summed E-state index contributed by atoms with van der Waals surface area (Å²) in [6, 6.07) is 7.12. The molecule has 3 aromatic heterocycles. The molecule has 3 aromatic rings. The summed E-state index contributed by atoms with van der Waals surface area (Å²) in [7, 11) is 0. The molecule has 0 aliphatic rings. The maximum absolute atomic E-state index is 11.6. The molecule has 0 bridgehead atoms. The quantitative estimate of drug-likeness (QED) is 0.728. The van der Waals surface area contributed by atoms with Gasteiger partial charge in [0, 0.05) is 6.20 Å². The van der Waals surface area contributed by atoms with Crippen molar-refractivity contribution in [2.24, 2.45) is 0 Å². The molecule has 0 amide bonds. The van der Waals surface area contributed by atoms with E-state index in [1.165, 1.54) is 11.3 Å². The lowest BCUT2D eigenvalue weighted by atomic mass is 10.4. The number of hydrogen-bond donors (Lipinski definition) is 1. The molecule has 0 atom stereocenters. The maximum atomic E-state index is 11.6. The van der Waals surface area contributed by atoms with Crippen molar-refractivity contribution in [2.45, 2.75) is 6.61 Å². The van der Waals surface area contributed by atoms with E-state index in [0.717, 1.165) is 8.66 Å². The smallest absolute Gasteiger partial charge is 0.355 e. The molecule has 1 N–H and O–H groups in total. The van der Waals surface area contributed by atoms with Crippen LogP contribution in [-0.4, -0.2) is 21.2 Å². The molecule has 0 spiro atoms. The molecule has 6 nitrogen and oxygen atoms in total. The molecule has 0 saturated carbocycles. The highest BCUT2D eigenvalue weighted by Gasteiger charge is 2.13. The van der Waals surface area contributed by atoms with Gasteiger partial charge in [-0.15, -0.1) is 21.5 Å². The fraction of sp³-hybridized carbons (Fsp3) is 0.0833. The van der Waals surface area contributed by atoms with E-state index in [0.29, 0.717) is 11.6 Å². The van der Waals surface area contributed by atoms with Gasteiger partial charge in [0.1, 0.15) is 5.69 Å². The third kappa shape index (κ3) is 2.81. The van der Waals surface area contributed by atoms with Crippen molar-refractivity contribution in [3.63, 3.8) is 0 Å². The Morgan fingerprint density at radius 1 is 1.40 bits per heavy atom. The van der Waals surface area contributed by atoms with E-state index in [1.54, 1.807) is 18.3 Å². The van der Waals surface area contributed by atoms with E-state index in [9.17, 15) is 4.79 Å². The highest BCUT2D eigenvalue weighted by Crippen LogP contribution is 2.30. The Morgan fingerprint density at radius 3 is 3.00 bits per heavy atom. The summed E-state index contributed by atoms with van der Waals surface area (Å²) in [6.45, 7) is -0.0581. The summed E-state index contributed by atoms with van der Waals surface area (Å²) in [4.78, 5) is 15.2. The summed E-state index contributed by atoms with van der Waals surface area (Å²) in [5.41, 5.74) is 0.381. The zero-order chi connectivity index (χ0) is 13.9. The molecule has 0 unspecified atom stereocenters. The molecule has 20 heavy (non-hydrogen) atoms. The van der Waals surface area contributed by atoms with Crippen molar-refractivity contribution in [1.29, 1.82) is 0 Å². The average molecular weight is 354 g/mol. The molecule has 0 radical (unpaired) electrons. The number of nitrogens with zero attached hydrogens (tertiary/aromatic N) is 2. The van der Waals surface area contributed by atoms with Gasteiger partial charge in [0.05, 0.1) is 8.66 Å². The second-order valence-corrected chi connectivity index (χ2v) is 6.23. The Balaban J connectivity index is 1.64. The van der Waals surface area contributed by atoms with Gasteiger partial charge in [0.2, 0.25) is 0 Å². The Hall–Kier alpha value is -1.93. The van der Waals surface area contributed by atoms with Crippen LogP contribution in [0.25, 0.3) is 10.8 Å². The predicted octanol–water partition coefficient (Wildman–Crippen LogP) is 3.25. The number of hydrogen-bond acceptors (Lipinski definition) is 6. The van der Waals surface area contributed by atoms with Gasteiger partial charge < -0.3 is 14.1 Å². The minimum Gasteiger partial charge on any atom is -0.451 e. The molecule has 3 rings (SSSR count). The Morgan fingerprint density at radius 2 is 2.30 bits per heavy atom. The number of rotatable bonds is 4. The summed E-state index contributed by atoms with van der Waals surface area (Å²) in [5, 5.41) is 7.76. The first-order valence-corrected chi connectivity index (χ1v) is 7.22. The maximum Gasteiger partial charge on any atom is 0.355 e. The van der Waals surface area contributed by atoms with E-state index in [4.69, 9.17) is 9.15 Å². The number of aromatic amines is 1. The molecule has 0 aliphatic carbocycles. The highest BCUT2D eigenvalue weighted by atomic mass is 79.9. The summed E-state index contributed by atoms with van der Waals surface area (Å²) in [5.74, 6) is 0.199. The number of thiophene rings is 1. The number of esters is 1. The van der Waals surface area contributed by atoms with Crippen LogP contribution < -0.4 is 0 Å². The molecule has 0 aromatic carbocycles. The van der Waals surface area contributed by atoms with Gasteiger partial charge in [0.25, 0.3) is 11.8 Å². The molecule has 0 fully saturated rings. The largest absolute Gasteiger partial charge is 0.451 e. The van der Waals surface area contributed by atoms with E-state index in [1.807, 2.05) is 12.1 Å². The normalized spacial score (nSPS) is 10.7. The van der Waals surface area contributed by atoms with E-state index < -0.39 is 5.97 Å². The van der Waals surface area contributed by atoms with Gasteiger partial charge in [-0.2, -0.15) is 0 Å². The topological polar surface area (TPSA) is 81.0 Å². The Bertz CT molecular complexity index is 720. The SMILES string of the molecule is O=C(OCc1nnc(-c2ccc(Br)s2)o1)c1ccc[nH]1. The molecular weight excluding hydrogens is 346 g/mol. The van der Waals surface area contributed by atoms with Crippen LogP contribution in [0.4, 0.5) is 0 Å². The number of carbonyl (C=O) groups is 1. The number of nitrogens with one attached hydrogen (secondary N) is 1. The fourth-order valence-corrected chi connectivity index (χ4v) is 2.81. The highest BCUT2D eigenvalue weighted by molar-refractivity contribution is 9.11. The zero-order valence-corrected chi connectivity index (χ0v) is 12.4. The van der Waals surface area contributed by atoms with E-state index in [2.05, 4.69) is 31.1 Å². The first kappa shape index (κ1) is 13.1. The Labute approximate surface area is 125 Å².